The first-order valence-electron chi connectivity index (χ1n) is 7.13. The zero-order valence-electron chi connectivity index (χ0n) is 12.8. The highest BCUT2D eigenvalue weighted by Gasteiger charge is 2.24. The van der Waals surface area contributed by atoms with Crippen LogP contribution in [0.4, 0.5) is 5.13 Å². The Morgan fingerprint density at radius 3 is 2.87 bits per heavy atom. The molecule has 124 valence electrons. The fraction of sp³-hybridized carbons (Fsp3) is 0.429. The van der Waals surface area contributed by atoms with E-state index in [4.69, 9.17) is 4.74 Å². The lowest BCUT2D eigenvalue weighted by molar-refractivity contribution is -0.124. The monoisotopic (exact) mass is 355 g/mol. The van der Waals surface area contributed by atoms with Crippen molar-refractivity contribution in [3.8, 4) is 0 Å². The van der Waals surface area contributed by atoms with Crippen molar-refractivity contribution in [3.63, 3.8) is 0 Å². The molecule has 1 aromatic carbocycles. The Balaban J connectivity index is 1.86. The number of nitrogens with zero attached hydrogens (tertiary/aromatic N) is 2. The smallest absolute Gasteiger partial charge is 0.255 e. The number of benzene rings is 1. The lowest BCUT2D eigenvalue weighted by Crippen LogP contribution is -2.26. The second-order valence-corrected chi connectivity index (χ2v) is 8.61. The van der Waals surface area contributed by atoms with Crippen molar-refractivity contribution < 1.29 is 17.9 Å². The SMILES string of the molecule is CN(C)S(=O)(=O)c1ccc2nc(NC(=O)C3CCCO3)sc2c1. The van der Waals surface area contributed by atoms with E-state index < -0.39 is 16.1 Å². The second kappa shape index (κ2) is 6.16. The number of thiazole rings is 1. The fourth-order valence-corrected chi connectivity index (χ4v) is 4.21. The molecule has 1 atom stereocenters. The van der Waals surface area contributed by atoms with Crippen LogP contribution in [0, 0.1) is 0 Å². The van der Waals surface area contributed by atoms with Gasteiger partial charge >= 0.3 is 0 Å². The van der Waals surface area contributed by atoms with E-state index in [1.54, 1.807) is 12.1 Å². The van der Waals surface area contributed by atoms with Crippen molar-refractivity contribution in [1.82, 2.24) is 9.29 Å². The van der Waals surface area contributed by atoms with Crippen LogP contribution in [0.15, 0.2) is 23.1 Å². The van der Waals surface area contributed by atoms with Gasteiger partial charge in [-0.05, 0) is 31.0 Å². The van der Waals surface area contributed by atoms with Crippen LogP contribution < -0.4 is 5.32 Å². The summed E-state index contributed by atoms with van der Waals surface area (Å²) < 4.78 is 31.5. The van der Waals surface area contributed by atoms with Gasteiger partial charge in [0.15, 0.2) is 5.13 Å². The summed E-state index contributed by atoms with van der Waals surface area (Å²) in [7, 11) is -0.519. The van der Waals surface area contributed by atoms with Gasteiger partial charge < -0.3 is 4.74 Å². The minimum Gasteiger partial charge on any atom is -0.368 e. The van der Waals surface area contributed by atoms with E-state index in [0.717, 1.165) is 10.7 Å². The molecule has 0 saturated carbocycles. The van der Waals surface area contributed by atoms with Gasteiger partial charge in [0, 0.05) is 20.7 Å². The predicted octanol–water partition coefficient (Wildman–Crippen LogP) is 1.66. The predicted molar refractivity (Wildman–Crippen MR) is 88.1 cm³/mol. The number of carbonyl (C=O) groups is 1. The first-order valence-corrected chi connectivity index (χ1v) is 9.39. The lowest BCUT2D eigenvalue weighted by atomic mass is 10.2. The van der Waals surface area contributed by atoms with E-state index in [0.29, 0.717) is 28.4 Å². The molecule has 2 heterocycles. The molecule has 3 rings (SSSR count). The number of fused-ring (bicyclic) bond motifs is 1. The number of sulfonamides is 1. The Labute approximate surface area is 138 Å². The Kier molecular flexibility index (Phi) is 4.37. The summed E-state index contributed by atoms with van der Waals surface area (Å²) in [5.41, 5.74) is 0.648. The number of hydrogen-bond acceptors (Lipinski definition) is 6. The Morgan fingerprint density at radius 1 is 1.43 bits per heavy atom. The molecule has 0 aliphatic carbocycles. The van der Waals surface area contributed by atoms with E-state index in [1.165, 1.54) is 31.5 Å². The molecule has 9 heteroatoms. The Morgan fingerprint density at radius 2 is 2.22 bits per heavy atom. The van der Waals surface area contributed by atoms with Crippen LogP contribution in [0.5, 0.6) is 0 Å². The summed E-state index contributed by atoms with van der Waals surface area (Å²) in [5, 5.41) is 3.18. The van der Waals surface area contributed by atoms with Crippen molar-refractivity contribution in [2.75, 3.05) is 26.0 Å². The van der Waals surface area contributed by atoms with Gasteiger partial charge in [0.25, 0.3) is 5.91 Å². The average molecular weight is 355 g/mol. The normalized spacial score (nSPS) is 18.7. The van der Waals surface area contributed by atoms with Crippen molar-refractivity contribution in [1.29, 1.82) is 0 Å². The Bertz CT molecular complexity index is 839. The second-order valence-electron chi connectivity index (χ2n) is 5.43. The van der Waals surface area contributed by atoms with E-state index in [-0.39, 0.29) is 10.8 Å². The number of ether oxygens (including phenoxy) is 1. The van der Waals surface area contributed by atoms with E-state index in [2.05, 4.69) is 10.3 Å². The third kappa shape index (κ3) is 3.23. The van der Waals surface area contributed by atoms with Crippen molar-refractivity contribution >= 4 is 42.6 Å². The quantitative estimate of drug-likeness (QED) is 0.901. The molecule has 23 heavy (non-hydrogen) atoms. The molecule has 1 aliphatic rings. The molecule has 1 amide bonds. The van der Waals surface area contributed by atoms with Crippen LogP contribution in [0.25, 0.3) is 10.2 Å². The highest BCUT2D eigenvalue weighted by molar-refractivity contribution is 7.89. The largest absolute Gasteiger partial charge is 0.368 e. The molecule has 7 nitrogen and oxygen atoms in total. The fourth-order valence-electron chi connectivity index (χ4n) is 2.30. The molecule has 1 aliphatic heterocycles. The Hall–Kier alpha value is -1.55. The van der Waals surface area contributed by atoms with Gasteiger partial charge in [-0.3, -0.25) is 10.1 Å². The molecule has 1 aromatic heterocycles. The number of anilines is 1. The van der Waals surface area contributed by atoms with Gasteiger partial charge in [0.1, 0.15) is 6.10 Å². The number of nitrogens with one attached hydrogen (secondary N) is 1. The maximum absolute atomic E-state index is 12.2. The summed E-state index contributed by atoms with van der Waals surface area (Å²) in [6, 6.07) is 4.73. The number of hydrogen-bond donors (Lipinski definition) is 1. The third-order valence-corrected chi connectivity index (χ3v) is 6.34. The summed E-state index contributed by atoms with van der Waals surface area (Å²) in [5.74, 6) is -0.206. The number of carbonyl (C=O) groups excluding carboxylic acids is 1. The minimum atomic E-state index is -3.49. The number of amides is 1. The van der Waals surface area contributed by atoms with Crippen LogP contribution in [-0.4, -0.2) is 50.4 Å². The molecule has 0 bridgehead atoms. The summed E-state index contributed by atoms with van der Waals surface area (Å²) >= 11 is 1.24. The molecule has 1 saturated heterocycles. The molecule has 0 spiro atoms. The molecular formula is C14H17N3O4S2. The first kappa shape index (κ1) is 16.3. The van der Waals surface area contributed by atoms with Gasteiger partial charge in [-0.15, -0.1) is 0 Å². The van der Waals surface area contributed by atoms with Gasteiger partial charge in [0.05, 0.1) is 15.1 Å². The molecule has 1 fully saturated rings. The van der Waals surface area contributed by atoms with E-state index >= 15 is 0 Å². The first-order chi connectivity index (χ1) is 10.9. The maximum Gasteiger partial charge on any atom is 0.255 e. The van der Waals surface area contributed by atoms with Crippen LogP contribution >= 0.6 is 11.3 Å². The topological polar surface area (TPSA) is 88.6 Å². The zero-order valence-corrected chi connectivity index (χ0v) is 14.4. The summed E-state index contributed by atoms with van der Waals surface area (Å²) in [6.45, 7) is 0.601. The molecule has 0 radical (unpaired) electrons. The highest BCUT2D eigenvalue weighted by Crippen LogP contribution is 2.29. The highest BCUT2D eigenvalue weighted by atomic mass is 32.2. The van der Waals surface area contributed by atoms with Gasteiger partial charge in [0.2, 0.25) is 10.0 Å². The maximum atomic E-state index is 12.2. The minimum absolute atomic E-state index is 0.204. The van der Waals surface area contributed by atoms with Gasteiger partial charge in [-0.2, -0.15) is 0 Å². The van der Waals surface area contributed by atoms with E-state index in [1.807, 2.05) is 0 Å². The standard InChI is InChI=1S/C14H17N3O4S2/c1-17(2)23(19,20)9-5-6-10-12(8-9)22-14(15-10)16-13(18)11-4-3-7-21-11/h5-6,8,11H,3-4,7H2,1-2H3,(H,15,16,18). The van der Waals surface area contributed by atoms with Crippen LogP contribution in [0.3, 0.4) is 0 Å². The third-order valence-electron chi connectivity index (χ3n) is 3.59. The zero-order chi connectivity index (χ0) is 16.6. The molecule has 2 aromatic rings. The van der Waals surface area contributed by atoms with Gasteiger partial charge in [-0.1, -0.05) is 11.3 Å². The van der Waals surface area contributed by atoms with Crippen LogP contribution in [-0.2, 0) is 19.6 Å². The molecule has 1 N–H and O–H groups in total. The number of rotatable bonds is 4. The van der Waals surface area contributed by atoms with Crippen LogP contribution in [0.1, 0.15) is 12.8 Å². The average Bonchev–Trinajstić information content (AvgIpc) is 3.15. The summed E-state index contributed by atoms with van der Waals surface area (Å²) in [4.78, 5) is 16.6. The van der Waals surface area contributed by atoms with Crippen LogP contribution in [0.2, 0.25) is 0 Å². The number of aromatic nitrogens is 1. The molecule has 1 unspecified atom stereocenters. The van der Waals surface area contributed by atoms with Gasteiger partial charge in [-0.25, -0.2) is 17.7 Å². The van der Waals surface area contributed by atoms with Crippen molar-refractivity contribution in [3.05, 3.63) is 18.2 Å². The summed E-state index contributed by atoms with van der Waals surface area (Å²) in [6.07, 6.45) is 1.16. The van der Waals surface area contributed by atoms with E-state index in [9.17, 15) is 13.2 Å². The lowest BCUT2D eigenvalue weighted by Gasteiger charge is -2.10. The van der Waals surface area contributed by atoms with Crippen molar-refractivity contribution in [2.24, 2.45) is 0 Å². The molecular weight excluding hydrogens is 338 g/mol. The van der Waals surface area contributed by atoms with Crippen molar-refractivity contribution in [2.45, 2.75) is 23.8 Å².